The number of benzene rings is 1. The van der Waals surface area contributed by atoms with Crippen molar-refractivity contribution in [3.63, 3.8) is 0 Å². The average molecular weight is 197 g/mol. The number of nitrogens with one attached hydrogen (secondary N) is 1. The van der Waals surface area contributed by atoms with Crippen LogP contribution in [-0.2, 0) is 5.75 Å². The molecule has 1 aromatic rings. The highest BCUT2D eigenvalue weighted by Crippen LogP contribution is 2.20. The summed E-state index contributed by atoms with van der Waals surface area (Å²) in [6.45, 7) is 2.23. The third-order valence-electron chi connectivity index (χ3n) is 2.14. The van der Waals surface area contributed by atoms with E-state index >= 15 is 0 Å². The van der Waals surface area contributed by atoms with Crippen LogP contribution in [0.2, 0.25) is 0 Å². The molecule has 0 aromatic heterocycles. The van der Waals surface area contributed by atoms with E-state index in [1.165, 1.54) is 17.7 Å². The van der Waals surface area contributed by atoms with Crippen molar-refractivity contribution in [1.29, 1.82) is 0 Å². The van der Waals surface area contributed by atoms with E-state index < -0.39 is 0 Å². The molecule has 0 amide bonds. The van der Waals surface area contributed by atoms with E-state index in [9.17, 15) is 4.39 Å². The second-order valence-electron chi connectivity index (χ2n) is 3.22. The lowest BCUT2D eigenvalue weighted by Crippen LogP contribution is -2.44. The van der Waals surface area contributed by atoms with Crippen molar-refractivity contribution >= 4 is 11.8 Å². The molecule has 0 spiro atoms. The normalized spacial score (nSPS) is 17.0. The van der Waals surface area contributed by atoms with Crippen LogP contribution in [0.5, 0.6) is 0 Å². The fourth-order valence-corrected chi connectivity index (χ4v) is 2.27. The van der Waals surface area contributed by atoms with Gasteiger partial charge in [0.25, 0.3) is 0 Å². The van der Waals surface area contributed by atoms with Gasteiger partial charge < -0.3 is 5.32 Å². The van der Waals surface area contributed by atoms with Gasteiger partial charge in [0.05, 0.1) is 0 Å². The molecule has 1 aliphatic rings. The lowest BCUT2D eigenvalue weighted by Gasteiger charge is -2.26. The molecule has 13 heavy (non-hydrogen) atoms. The number of thioether (sulfide) groups is 1. The number of hydrogen-bond acceptors (Lipinski definition) is 2. The molecule has 0 aliphatic carbocycles. The Labute approximate surface area is 81.7 Å². The summed E-state index contributed by atoms with van der Waals surface area (Å²) in [5.74, 6) is 0.839. The molecule has 0 saturated carbocycles. The predicted molar refractivity (Wildman–Crippen MR) is 54.4 cm³/mol. The Morgan fingerprint density at radius 3 is 2.54 bits per heavy atom. The molecule has 1 fully saturated rings. The van der Waals surface area contributed by atoms with Gasteiger partial charge in [-0.3, -0.25) is 0 Å². The molecule has 2 rings (SSSR count). The second kappa shape index (κ2) is 4.11. The van der Waals surface area contributed by atoms with Crippen molar-refractivity contribution in [2.75, 3.05) is 13.1 Å². The minimum absolute atomic E-state index is 0.154. The molecular weight excluding hydrogens is 185 g/mol. The maximum Gasteiger partial charge on any atom is 0.123 e. The van der Waals surface area contributed by atoms with Crippen molar-refractivity contribution < 1.29 is 4.39 Å². The van der Waals surface area contributed by atoms with Crippen LogP contribution >= 0.6 is 11.8 Å². The second-order valence-corrected chi connectivity index (χ2v) is 4.51. The summed E-state index contributed by atoms with van der Waals surface area (Å²) in [5, 5.41) is 3.98. The van der Waals surface area contributed by atoms with Gasteiger partial charge in [-0.1, -0.05) is 12.1 Å². The Bertz CT molecular complexity index is 269. The molecule has 70 valence electrons. The first-order chi connectivity index (χ1) is 6.34. The van der Waals surface area contributed by atoms with Crippen LogP contribution in [0.15, 0.2) is 24.3 Å². The van der Waals surface area contributed by atoms with E-state index in [2.05, 4.69) is 5.32 Å². The Morgan fingerprint density at radius 1 is 1.31 bits per heavy atom. The molecule has 0 bridgehead atoms. The number of halogens is 1. The highest BCUT2D eigenvalue weighted by molar-refractivity contribution is 7.99. The quantitative estimate of drug-likeness (QED) is 0.795. The van der Waals surface area contributed by atoms with Crippen LogP contribution in [0.3, 0.4) is 0 Å². The van der Waals surface area contributed by atoms with Crippen LogP contribution < -0.4 is 5.32 Å². The summed E-state index contributed by atoms with van der Waals surface area (Å²) in [6.07, 6.45) is 0. The summed E-state index contributed by atoms with van der Waals surface area (Å²) in [7, 11) is 0. The van der Waals surface area contributed by atoms with Gasteiger partial charge in [-0.2, -0.15) is 11.8 Å². The zero-order chi connectivity index (χ0) is 9.10. The SMILES string of the molecule is Fc1ccc(CSC2CNC2)cc1. The first kappa shape index (κ1) is 9.03. The molecular formula is C10H12FNS. The number of rotatable bonds is 3. The summed E-state index contributed by atoms with van der Waals surface area (Å²) in [5.41, 5.74) is 1.21. The fourth-order valence-electron chi connectivity index (χ4n) is 1.17. The summed E-state index contributed by atoms with van der Waals surface area (Å²) in [4.78, 5) is 0. The minimum Gasteiger partial charge on any atom is -0.314 e. The molecule has 1 heterocycles. The van der Waals surface area contributed by atoms with Gasteiger partial charge in [-0.05, 0) is 17.7 Å². The van der Waals surface area contributed by atoms with Crippen molar-refractivity contribution in [3.8, 4) is 0 Å². The lowest BCUT2D eigenvalue weighted by molar-refractivity contribution is 0.543. The Kier molecular flexibility index (Phi) is 2.86. The zero-order valence-electron chi connectivity index (χ0n) is 7.29. The van der Waals surface area contributed by atoms with E-state index in [4.69, 9.17) is 0 Å². The van der Waals surface area contributed by atoms with Gasteiger partial charge in [0.1, 0.15) is 5.82 Å². The average Bonchev–Trinajstić information content (AvgIpc) is 2.05. The van der Waals surface area contributed by atoms with Crippen molar-refractivity contribution in [1.82, 2.24) is 5.32 Å². The molecule has 1 aliphatic heterocycles. The minimum atomic E-state index is -0.154. The molecule has 0 atom stereocenters. The highest BCUT2D eigenvalue weighted by Gasteiger charge is 2.16. The molecule has 1 saturated heterocycles. The Morgan fingerprint density at radius 2 is 2.00 bits per heavy atom. The van der Waals surface area contributed by atoms with Crippen molar-refractivity contribution in [3.05, 3.63) is 35.6 Å². The monoisotopic (exact) mass is 197 g/mol. The summed E-state index contributed by atoms with van der Waals surface area (Å²) >= 11 is 1.94. The molecule has 1 N–H and O–H groups in total. The summed E-state index contributed by atoms with van der Waals surface area (Å²) in [6, 6.07) is 6.76. The zero-order valence-corrected chi connectivity index (χ0v) is 8.11. The van der Waals surface area contributed by atoms with E-state index in [1.54, 1.807) is 0 Å². The van der Waals surface area contributed by atoms with Gasteiger partial charge in [-0.25, -0.2) is 4.39 Å². The first-order valence-electron chi connectivity index (χ1n) is 4.41. The van der Waals surface area contributed by atoms with Crippen molar-refractivity contribution in [2.45, 2.75) is 11.0 Å². The summed E-state index contributed by atoms with van der Waals surface area (Å²) < 4.78 is 12.5. The lowest BCUT2D eigenvalue weighted by atomic mass is 10.2. The maximum absolute atomic E-state index is 12.5. The third-order valence-corrected chi connectivity index (χ3v) is 3.45. The van der Waals surface area contributed by atoms with E-state index in [0.717, 1.165) is 24.1 Å². The topological polar surface area (TPSA) is 12.0 Å². The van der Waals surface area contributed by atoms with Gasteiger partial charge in [0.2, 0.25) is 0 Å². The standard InChI is InChI=1S/C10H12FNS/c11-9-3-1-8(2-4-9)7-13-10-5-12-6-10/h1-4,10,12H,5-7H2. The van der Waals surface area contributed by atoms with Crippen LogP contribution in [-0.4, -0.2) is 18.3 Å². The Hall–Kier alpha value is -0.540. The smallest absolute Gasteiger partial charge is 0.123 e. The van der Waals surface area contributed by atoms with Gasteiger partial charge in [-0.15, -0.1) is 0 Å². The maximum atomic E-state index is 12.5. The van der Waals surface area contributed by atoms with Gasteiger partial charge >= 0.3 is 0 Å². The van der Waals surface area contributed by atoms with E-state index in [1.807, 2.05) is 23.9 Å². The number of hydrogen-bond donors (Lipinski definition) is 1. The Balaban J connectivity index is 1.83. The highest BCUT2D eigenvalue weighted by atomic mass is 32.2. The predicted octanol–water partition coefficient (Wildman–Crippen LogP) is 2.03. The molecule has 3 heteroatoms. The van der Waals surface area contributed by atoms with Crippen LogP contribution in [0.4, 0.5) is 4.39 Å². The van der Waals surface area contributed by atoms with E-state index in [-0.39, 0.29) is 5.82 Å². The van der Waals surface area contributed by atoms with E-state index in [0.29, 0.717) is 0 Å². The molecule has 0 radical (unpaired) electrons. The third kappa shape index (κ3) is 2.45. The first-order valence-corrected chi connectivity index (χ1v) is 5.46. The van der Waals surface area contributed by atoms with Crippen LogP contribution in [0.1, 0.15) is 5.56 Å². The molecule has 0 unspecified atom stereocenters. The van der Waals surface area contributed by atoms with Crippen molar-refractivity contribution in [2.24, 2.45) is 0 Å². The van der Waals surface area contributed by atoms with Crippen LogP contribution in [0.25, 0.3) is 0 Å². The fraction of sp³-hybridized carbons (Fsp3) is 0.400. The largest absolute Gasteiger partial charge is 0.314 e. The molecule has 1 aromatic carbocycles. The van der Waals surface area contributed by atoms with Gasteiger partial charge in [0.15, 0.2) is 0 Å². The van der Waals surface area contributed by atoms with Gasteiger partial charge in [0, 0.05) is 24.1 Å². The van der Waals surface area contributed by atoms with Crippen LogP contribution in [0, 0.1) is 5.82 Å². The molecule has 1 nitrogen and oxygen atoms in total.